The number of aliphatic carboxylic acids is 1. The summed E-state index contributed by atoms with van der Waals surface area (Å²) in [6, 6.07) is 9.30. The van der Waals surface area contributed by atoms with Crippen LogP contribution in [0.1, 0.15) is 54.6 Å². The second kappa shape index (κ2) is 11.8. The molecule has 2 N–H and O–H groups in total. The lowest BCUT2D eigenvalue weighted by atomic mass is 9.87. The van der Waals surface area contributed by atoms with Gasteiger partial charge in [0.05, 0.1) is 28.2 Å². The fraction of sp³-hybridized carbons (Fsp3) is 0.448. The zero-order valence-corrected chi connectivity index (χ0v) is 23.3. The van der Waals surface area contributed by atoms with E-state index in [1.54, 1.807) is 31.3 Å². The van der Waals surface area contributed by atoms with Gasteiger partial charge in [-0.15, -0.1) is 0 Å². The van der Waals surface area contributed by atoms with E-state index in [4.69, 9.17) is 16.3 Å². The summed E-state index contributed by atoms with van der Waals surface area (Å²) in [5, 5.41) is 16.8. The molecule has 1 aliphatic heterocycles. The highest BCUT2D eigenvalue weighted by Crippen LogP contribution is 2.35. The van der Waals surface area contributed by atoms with Crippen LogP contribution in [0.4, 0.5) is 14.5 Å². The van der Waals surface area contributed by atoms with Crippen molar-refractivity contribution in [1.29, 1.82) is 0 Å². The zero-order chi connectivity index (χ0) is 29.3. The molecule has 2 heterocycles. The average molecular weight is 589 g/mol. The Bertz CT molecular complexity index is 1480. The van der Waals surface area contributed by atoms with Gasteiger partial charge in [0, 0.05) is 31.9 Å². The fourth-order valence-electron chi connectivity index (χ4n) is 5.67. The topological polar surface area (TPSA) is 114 Å². The SMILES string of the molecule is Cn1nc2ccccc2c1C(=O)Nc1cc(F)c(CC(=O)C(F)(OC2CCC(C(=O)O)CC2)N2CCCC2)cc1Cl. The summed E-state index contributed by atoms with van der Waals surface area (Å²) in [6.45, 7) is 0.618. The second-order valence-electron chi connectivity index (χ2n) is 10.7. The number of carbonyl (C=O) groups is 3. The minimum atomic E-state index is -2.77. The lowest BCUT2D eigenvalue weighted by Gasteiger charge is -2.37. The molecule has 2 fully saturated rings. The number of rotatable bonds is 9. The predicted molar refractivity (Wildman–Crippen MR) is 148 cm³/mol. The van der Waals surface area contributed by atoms with E-state index in [2.05, 4.69) is 10.4 Å². The smallest absolute Gasteiger partial charge is 0.330 e. The monoisotopic (exact) mass is 588 g/mol. The molecule has 3 aromatic rings. The van der Waals surface area contributed by atoms with Gasteiger partial charge >= 0.3 is 11.9 Å². The number of ether oxygens (including phenoxy) is 1. The molecule has 9 nitrogen and oxygen atoms in total. The summed E-state index contributed by atoms with van der Waals surface area (Å²) in [7, 11) is 1.62. The van der Waals surface area contributed by atoms with Crippen LogP contribution < -0.4 is 5.32 Å². The molecule has 2 aliphatic rings. The molecule has 1 aliphatic carbocycles. The highest BCUT2D eigenvalue weighted by molar-refractivity contribution is 6.34. The molecule has 218 valence electrons. The Morgan fingerprint density at radius 1 is 1.15 bits per heavy atom. The number of Topliss-reactive ketones (excluding diaryl/α,β-unsaturated/α-hetero) is 1. The van der Waals surface area contributed by atoms with E-state index in [-0.39, 0.29) is 22.0 Å². The molecule has 1 aromatic heterocycles. The quantitative estimate of drug-likeness (QED) is 0.334. The number of nitrogens with one attached hydrogen (secondary N) is 1. The number of ketones is 1. The van der Waals surface area contributed by atoms with Crippen LogP contribution in [0.15, 0.2) is 36.4 Å². The van der Waals surface area contributed by atoms with Crippen LogP contribution in [0.25, 0.3) is 10.9 Å². The first kappa shape index (κ1) is 29.1. The lowest BCUT2D eigenvalue weighted by Crippen LogP contribution is -2.54. The van der Waals surface area contributed by atoms with Crippen molar-refractivity contribution in [2.75, 3.05) is 18.4 Å². The number of anilines is 1. The first-order chi connectivity index (χ1) is 19.6. The van der Waals surface area contributed by atoms with Crippen molar-refractivity contribution in [3.8, 4) is 0 Å². The van der Waals surface area contributed by atoms with Crippen molar-refractivity contribution < 1.29 is 33.0 Å². The number of aromatic nitrogens is 2. The molecule has 0 radical (unpaired) electrons. The maximum atomic E-state index is 16.4. The number of carboxylic acids is 1. The third kappa shape index (κ3) is 5.98. The zero-order valence-electron chi connectivity index (χ0n) is 22.5. The standard InChI is InChI=1S/C29H31ClF2N4O5/c1-35-26(20-6-2-3-7-23(20)34-35)27(38)33-24-16-22(31)18(14-21(24)30)15-25(37)29(32,36-12-4-5-13-36)41-19-10-8-17(9-11-19)28(39)40/h2-3,6-7,14,16-17,19H,4-5,8-13,15H2,1H3,(H,33,38)(H,39,40). The summed E-state index contributed by atoms with van der Waals surface area (Å²) < 4.78 is 38.9. The normalized spacial score (nSPS) is 21.1. The second-order valence-corrected chi connectivity index (χ2v) is 11.1. The van der Waals surface area contributed by atoms with Crippen molar-refractivity contribution in [3.63, 3.8) is 0 Å². The number of benzene rings is 2. The summed E-state index contributed by atoms with van der Waals surface area (Å²) in [4.78, 5) is 39.0. The van der Waals surface area contributed by atoms with E-state index in [0.717, 1.165) is 6.07 Å². The Labute approximate surface area is 240 Å². The number of likely N-dealkylation sites (tertiary alicyclic amines) is 1. The summed E-state index contributed by atoms with van der Waals surface area (Å²) >= 11 is 6.39. The number of amides is 1. The number of carboxylic acid groups (broad SMARTS) is 1. The van der Waals surface area contributed by atoms with Gasteiger partial charge in [0.25, 0.3) is 5.91 Å². The minimum absolute atomic E-state index is 0.00635. The molecule has 1 amide bonds. The Morgan fingerprint density at radius 3 is 2.51 bits per heavy atom. The number of alkyl halides is 1. The molecule has 0 spiro atoms. The lowest BCUT2D eigenvalue weighted by molar-refractivity contribution is -0.252. The molecule has 41 heavy (non-hydrogen) atoms. The van der Waals surface area contributed by atoms with E-state index in [9.17, 15) is 19.5 Å². The van der Waals surface area contributed by atoms with Gasteiger partial charge in [-0.1, -0.05) is 29.8 Å². The summed E-state index contributed by atoms with van der Waals surface area (Å²) in [6.07, 6.45) is 1.41. The third-order valence-electron chi connectivity index (χ3n) is 7.89. The predicted octanol–water partition coefficient (Wildman–Crippen LogP) is 5.11. The highest BCUT2D eigenvalue weighted by atomic mass is 35.5. The molecule has 0 bridgehead atoms. The van der Waals surface area contributed by atoms with Gasteiger partial charge in [-0.05, 0) is 62.3 Å². The van der Waals surface area contributed by atoms with Gasteiger partial charge < -0.3 is 15.2 Å². The summed E-state index contributed by atoms with van der Waals surface area (Å²) in [5.41, 5.74) is 0.742. The van der Waals surface area contributed by atoms with Crippen LogP contribution in [0.2, 0.25) is 5.02 Å². The van der Waals surface area contributed by atoms with Gasteiger partial charge in [-0.25, -0.2) is 9.29 Å². The fourth-order valence-corrected chi connectivity index (χ4v) is 5.90. The van der Waals surface area contributed by atoms with Gasteiger partial charge in [0.15, 0.2) is 0 Å². The molecular weight excluding hydrogens is 558 g/mol. The number of hydrogen-bond acceptors (Lipinski definition) is 6. The van der Waals surface area contributed by atoms with Crippen molar-refractivity contribution in [1.82, 2.24) is 14.7 Å². The number of carbonyl (C=O) groups excluding carboxylic acids is 2. The van der Waals surface area contributed by atoms with E-state index in [1.165, 1.54) is 15.6 Å². The average Bonchev–Trinajstić information content (AvgIpc) is 3.59. The van der Waals surface area contributed by atoms with Crippen molar-refractivity contribution in [3.05, 3.63) is 58.5 Å². The molecule has 1 atom stereocenters. The number of aryl methyl sites for hydroxylation is 1. The number of halogens is 3. The number of hydrogen-bond donors (Lipinski definition) is 2. The van der Waals surface area contributed by atoms with E-state index >= 15 is 8.78 Å². The van der Waals surface area contributed by atoms with Gasteiger partial charge in [0.1, 0.15) is 11.5 Å². The number of fused-ring (bicyclic) bond motifs is 1. The van der Waals surface area contributed by atoms with Crippen LogP contribution in [0.5, 0.6) is 0 Å². The Balaban J connectivity index is 1.32. The molecule has 1 saturated heterocycles. The van der Waals surface area contributed by atoms with Gasteiger partial charge in [0.2, 0.25) is 5.78 Å². The minimum Gasteiger partial charge on any atom is -0.481 e. The Kier molecular flexibility index (Phi) is 8.40. The maximum Gasteiger partial charge on any atom is 0.330 e. The highest BCUT2D eigenvalue weighted by Gasteiger charge is 2.49. The first-order valence-corrected chi connectivity index (χ1v) is 14.0. The van der Waals surface area contributed by atoms with Gasteiger partial charge in [-0.3, -0.25) is 19.1 Å². The maximum absolute atomic E-state index is 16.4. The van der Waals surface area contributed by atoms with Crippen LogP contribution in [0, 0.1) is 11.7 Å². The largest absolute Gasteiger partial charge is 0.481 e. The van der Waals surface area contributed by atoms with Gasteiger partial charge in [-0.2, -0.15) is 9.49 Å². The van der Waals surface area contributed by atoms with E-state index < -0.39 is 47.9 Å². The van der Waals surface area contributed by atoms with Crippen molar-refractivity contribution in [2.45, 2.75) is 57.0 Å². The Morgan fingerprint density at radius 2 is 1.83 bits per heavy atom. The van der Waals surface area contributed by atoms with E-state index in [1.807, 2.05) is 0 Å². The molecule has 12 heteroatoms. The van der Waals surface area contributed by atoms with Crippen LogP contribution in [-0.4, -0.2) is 62.6 Å². The van der Waals surface area contributed by atoms with Crippen LogP contribution >= 0.6 is 11.6 Å². The van der Waals surface area contributed by atoms with Crippen molar-refractivity contribution in [2.24, 2.45) is 13.0 Å². The summed E-state index contributed by atoms with van der Waals surface area (Å²) in [5.74, 6) is -6.53. The Hall–Kier alpha value is -3.41. The van der Waals surface area contributed by atoms with E-state index in [0.29, 0.717) is 62.5 Å². The molecule has 2 aromatic carbocycles. The molecular formula is C29H31ClF2N4O5. The third-order valence-corrected chi connectivity index (χ3v) is 8.21. The number of nitrogens with zero attached hydrogens (tertiary/aromatic N) is 3. The first-order valence-electron chi connectivity index (χ1n) is 13.7. The van der Waals surface area contributed by atoms with Crippen molar-refractivity contribution >= 4 is 45.9 Å². The van der Waals surface area contributed by atoms with Crippen LogP contribution in [-0.2, 0) is 27.8 Å². The molecule has 1 saturated carbocycles. The molecule has 1 unspecified atom stereocenters. The van der Waals surface area contributed by atoms with Crippen LogP contribution in [0.3, 0.4) is 0 Å². The molecule has 5 rings (SSSR count).